The minimum absolute atomic E-state index is 0.0191. The number of aliphatic imine (C=N–C) groups is 1. The standard InChI is InChI=1S/C22H29N7O/c1-22(14-23)7-11-28(12-8-22)21-26-16-13-25-19(18(16)20(30)27(21)2)29-10-4-5-15-17(29)6-3-9-24-15/h3,6,9H,4-5,7-8,10-14,23H2,1-2H3. The second kappa shape index (κ2) is 7.19. The van der Waals surface area contributed by atoms with E-state index in [1.54, 1.807) is 4.57 Å². The van der Waals surface area contributed by atoms with E-state index in [1.807, 2.05) is 19.3 Å². The summed E-state index contributed by atoms with van der Waals surface area (Å²) in [5, 5.41) is 0. The van der Waals surface area contributed by atoms with Crippen LogP contribution in [-0.2, 0) is 20.0 Å². The lowest BCUT2D eigenvalue weighted by Crippen LogP contribution is -2.45. The molecule has 0 saturated carbocycles. The Morgan fingerprint density at radius 1 is 1.20 bits per heavy atom. The summed E-state index contributed by atoms with van der Waals surface area (Å²) < 4.78 is 1.69. The quantitative estimate of drug-likeness (QED) is 0.810. The topological polar surface area (TPSA) is 92.6 Å². The summed E-state index contributed by atoms with van der Waals surface area (Å²) in [5.74, 6) is 1.49. The fourth-order valence-electron chi connectivity index (χ4n) is 4.77. The predicted octanol–water partition coefficient (Wildman–Crippen LogP) is 1.45. The first-order chi connectivity index (χ1) is 14.5. The molecule has 0 amide bonds. The van der Waals surface area contributed by atoms with Gasteiger partial charge < -0.3 is 15.5 Å². The maximum atomic E-state index is 13.4. The molecule has 1 fully saturated rings. The van der Waals surface area contributed by atoms with Crippen molar-refractivity contribution in [2.45, 2.75) is 39.2 Å². The minimum Gasteiger partial charge on any atom is -0.342 e. The van der Waals surface area contributed by atoms with Crippen LogP contribution in [0.2, 0.25) is 0 Å². The lowest BCUT2D eigenvalue weighted by molar-refractivity contribution is 0.256. The fraction of sp³-hybridized carbons (Fsp3) is 0.545. The molecule has 0 aromatic carbocycles. The maximum Gasteiger partial charge on any atom is 0.266 e. The first-order valence-corrected chi connectivity index (χ1v) is 10.8. The van der Waals surface area contributed by atoms with Gasteiger partial charge in [0.25, 0.3) is 5.56 Å². The van der Waals surface area contributed by atoms with E-state index < -0.39 is 0 Å². The number of fused-ring (bicyclic) bond motifs is 2. The lowest BCUT2D eigenvalue weighted by atomic mass is 9.81. The summed E-state index contributed by atoms with van der Waals surface area (Å²) in [6, 6.07) is 4.01. The highest BCUT2D eigenvalue weighted by Gasteiger charge is 2.34. The average Bonchev–Trinajstić information content (AvgIpc) is 3.20. The Morgan fingerprint density at radius 3 is 2.77 bits per heavy atom. The number of rotatable bonds is 2. The molecule has 5 heterocycles. The molecular formula is C22H29N7O. The first-order valence-electron chi connectivity index (χ1n) is 10.8. The van der Waals surface area contributed by atoms with Crippen molar-refractivity contribution in [3.05, 3.63) is 45.6 Å². The molecule has 3 aliphatic rings. The van der Waals surface area contributed by atoms with Crippen molar-refractivity contribution in [3.63, 3.8) is 0 Å². The molecule has 0 radical (unpaired) electrons. The number of amidine groups is 1. The number of hydrogen-bond donors (Lipinski definition) is 1. The van der Waals surface area contributed by atoms with Crippen molar-refractivity contribution in [1.29, 1.82) is 0 Å². The van der Waals surface area contributed by atoms with Crippen LogP contribution in [-0.4, -0.2) is 46.5 Å². The Labute approximate surface area is 176 Å². The molecule has 2 aromatic rings. The van der Waals surface area contributed by atoms with Gasteiger partial charge in [-0.25, -0.2) is 4.98 Å². The van der Waals surface area contributed by atoms with Crippen LogP contribution in [0.25, 0.3) is 0 Å². The number of hydrogen-bond acceptors (Lipinski definition) is 7. The third-order valence-corrected chi connectivity index (χ3v) is 6.90. The Kier molecular flexibility index (Phi) is 4.61. The van der Waals surface area contributed by atoms with Crippen LogP contribution in [0, 0.1) is 5.41 Å². The zero-order chi connectivity index (χ0) is 20.9. The second-order valence-corrected chi connectivity index (χ2v) is 8.96. The van der Waals surface area contributed by atoms with Gasteiger partial charge in [0.15, 0.2) is 0 Å². The highest BCUT2D eigenvalue weighted by molar-refractivity contribution is 6.12. The molecule has 5 rings (SSSR count). The Morgan fingerprint density at radius 2 is 2.00 bits per heavy atom. The van der Waals surface area contributed by atoms with E-state index in [-0.39, 0.29) is 11.0 Å². The summed E-state index contributed by atoms with van der Waals surface area (Å²) in [4.78, 5) is 32.0. The summed E-state index contributed by atoms with van der Waals surface area (Å²) in [6.07, 6.45) is 5.80. The molecule has 0 spiro atoms. The molecule has 2 aromatic heterocycles. The van der Waals surface area contributed by atoms with E-state index >= 15 is 0 Å². The van der Waals surface area contributed by atoms with Crippen LogP contribution in [0.1, 0.15) is 43.1 Å². The predicted molar refractivity (Wildman–Crippen MR) is 118 cm³/mol. The van der Waals surface area contributed by atoms with Gasteiger partial charge in [-0.2, -0.15) is 0 Å². The van der Waals surface area contributed by atoms with E-state index in [9.17, 15) is 4.79 Å². The monoisotopic (exact) mass is 407 g/mol. The van der Waals surface area contributed by atoms with E-state index in [1.165, 1.54) is 0 Å². The lowest BCUT2D eigenvalue weighted by Gasteiger charge is -2.39. The van der Waals surface area contributed by atoms with E-state index in [0.717, 1.165) is 74.2 Å². The molecule has 0 atom stereocenters. The van der Waals surface area contributed by atoms with Crippen LogP contribution >= 0.6 is 0 Å². The van der Waals surface area contributed by atoms with Crippen molar-refractivity contribution < 1.29 is 0 Å². The van der Waals surface area contributed by atoms with Crippen LogP contribution in [0.5, 0.6) is 0 Å². The third kappa shape index (κ3) is 3.01. The maximum absolute atomic E-state index is 13.4. The van der Waals surface area contributed by atoms with Gasteiger partial charge in [0.1, 0.15) is 11.4 Å². The Balaban J connectivity index is 1.48. The molecule has 0 aliphatic carbocycles. The Bertz CT molecular complexity index is 1070. The highest BCUT2D eigenvalue weighted by Crippen LogP contribution is 2.32. The zero-order valence-corrected chi connectivity index (χ0v) is 17.8. The average molecular weight is 408 g/mol. The van der Waals surface area contributed by atoms with Gasteiger partial charge in [-0.05, 0) is 49.8 Å². The SMILES string of the molecule is Cn1c(N2CCC(C)(CN)CC2)nc2c(c1=O)C(N1CCCc3ncccc31)=NC2. The number of piperidine rings is 1. The molecule has 8 heteroatoms. The fourth-order valence-corrected chi connectivity index (χ4v) is 4.77. The third-order valence-electron chi connectivity index (χ3n) is 6.90. The summed E-state index contributed by atoms with van der Waals surface area (Å²) in [7, 11) is 1.82. The zero-order valence-electron chi connectivity index (χ0n) is 17.8. The number of nitrogens with zero attached hydrogens (tertiary/aromatic N) is 6. The van der Waals surface area contributed by atoms with Crippen LogP contribution in [0.15, 0.2) is 28.1 Å². The molecule has 2 N–H and O–H groups in total. The summed E-state index contributed by atoms with van der Waals surface area (Å²) in [6.45, 7) is 5.96. The van der Waals surface area contributed by atoms with Gasteiger partial charge in [0, 0.05) is 32.9 Å². The number of aromatic nitrogens is 3. The normalized spacial score (nSPS) is 20.0. The van der Waals surface area contributed by atoms with Crippen LogP contribution in [0.4, 0.5) is 11.6 Å². The number of nitrogens with two attached hydrogens (primary N) is 1. The van der Waals surface area contributed by atoms with Crippen molar-refractivity contribution in [2.24, 2.45) is 23.2 Å². The van der Waals surface area contributed by atoms with E-state index in [4.69, 9.17) is 15.7 Å². The molecule has 0 unspecified atom stereocenters. The number of pyridine rings is 1. The van der Waals surface area contributed by atoms with Gasteiger partial charge in [-0.3, -0.25) is 19.3 Å². The van der Waals surface area contributed by atoms with Gasteiger partial charge >= 0.3 is 0 Å². The summed E-state index contributed by atoms with van der Waals surface area (Å²) in [5.41, 5.74) is 9.66. The van der Waals surface area contributed by atoms with Gasteiger partial charge in [0.2, 0.25) is 5.95 Å². The molecule has 0 bridgehead atoms. The first kappa shape index (κ1) is 19.2. The molecular weight excluding hydrogens is 378 g/mol. The van der Waals surface area contributed by atoms with Crippen LogP contribution in [0.3, 0.4) is 0 Å². The molecule has 158 valence electrons. The largest absolute Gasteiger partial charge is 0.342 e. The van der Waals surface area contributed by atoms with Gasteiger partial charge in [-0.1, -0.05) is 6.92 Å². The second-order valence-electron chi connectivity index (χ2n) is 8.96. The number of aryl methyl sites for hydroxylation is 1. The van der Waals surface area contributed by atoms with Gasteiger partial charge in [0.05, 0.1) is 23.6 Å². The van der Waals surface area contributed by atoms with Gasteiger partial charge in [-0.15, -0.1) is 0 Å². The molecule has 3 aliphatic heterocycles. The molecule has 30 heavy (non-hydrogen) atoms. The molecule has 1 saturated heterocycles. The van der Waals surface area contributed by atoms with E-state index in [2.05, 4.69) is 27.8 Å². The minimum atomic E-state index is -0.0191. The van der Waals surface area contributed by atoms with Crippen LogP contribution < -0.4 is 21.1 Å². The van der Waals surface area contributed by atoms with E-state index in [0.29, 0.717) is 18.7 Å². The summed E-state index contributed by atoms with van der Waals surface area (Å²) >= 11 is 0. The van der Waals surface area contributed by atoms with Crippen molar-refractivity contribution >= 4 is 17.5 Å². The smallest absolute Gasteiger partial charge is 0.266 e. The van der Waals surface area contributed by atoms with Crippen molar-refractivity contribution in [1.82, 2.24) is 14.5 Å². The molecule has 8 nitrogen and oxygen atoms in total. The number of anilines is 2. The Hall–Kier alpha value is -2.74. The van der Waals surface area contributed by atoms with Crippen molar-refractivity contribution in [2.75, 3.05) is 36.0 Å². The van der Waals surface area contributed by atoms with Crippen molar-refractivity contribution in [3.8, 4) is 0 Å². The highest BCUT2D eigenvalue weighted by atomic mass is 16.1.